The highest BCUT2D eigenvalue weighted by molar-refractivity contribution is 5.54. The lowest BCUT2D eigenvalue weighted by molar-refractivity contribution is 0.0223. The first kappa shape index (κ1) is 19.5. The summed E-state index contributed by atoms with van der Waals surface area (Å²) in [6, 6.07) is 3.33. The number of hydrogen-bond acceptors (Lipinski definition) is 5. The van der Waals surface area contributed by atoms with Crippen LogP contribution >= 0.6 is 0 Å². The minimum Gasteiger partial charge on any atom is -0.441 e. The van der Waals surface area contributed by atoms with Crippen molar-refractivity contribution in [2.45, 2.75) is 26.3 Å². The molecule has 0 bridgehead atoms. The van der Waals surface area contributed by atoms with Crippen LogP contribution in [0.2, 0.25) is 0 Å². The zero-order valence-corrected chi connectivity index (χ0v) is 16.3. The van der Waals surface area contributed by atoms with Crippen LogP contribution in [-0.4, -0.2) is 60.7 Å². The molecule has 28 heavy (non-hydrogen) atoms. The molecule has 0 unspecified atom stereocenters. The Bertz CT molecular complexity index is 805. The molecule has 0 radical (unpaired) electrons. The Balaban J connectivity index is 1.41. The van der Waals surface area contributed by atoms with Gasteiger partial charge >= 0.3 is 0 Å². The Morgan fingerprint density at radius 1 is 1.14 bits per heavy atom. The van der Waals surface area contributed by atoms with E-state index < -0.39 is 11.6 Å². The van der Waals surface area contributed by atoms with Crippen molar-refractivity contribution in [3.8, 4) is 11.5 Å². The highest BCUT2D eigenvalue weighted by Crippen LogP contribution is 2.27. The molecule has 2 aliphatic heterocycles. The number of benzene rings is 1. The third-order valence-electron chi connectivity index (χ3n) is 5.65. The van der Waals surface area contributed by atoms with E-state index in [1.54, 1.807) is 0 Å². The van der Waals surface area contributed by atoms with Gasteiger partial charge in [0, 0.05) is 32.7 Å². The number of rotatable bonds is 5. The molecule has 5 nitrogen and oxygen atoms in total. The van der Waals surface area contributed by atoms with Crippen molar-refractivity contribution < 1.29 is 17.9 Å². The standard InChI is InChI=1S/C21H27F2N3O2/c1-15-20(24-21(28-15)18-11-17(22)4-5-19(18)23)14-26-6-2-3-16(13-26)12-25-7-9-27-10-8-25/h4-5,11,16H,2-3,6-10,12-14H2,1H3/t16-/m0/s1. The Labute approximate surface area is 164 Å². The molecule has 0 saturated carbocycles. The third-order valence-corrected chi connectivity index (χ3v) is 5.65. The van der Waals surface area contributed by atoms with Crippen LogP contribution in [0, 0.1) is 24.5 Å². The van der Waals surface area contributed by atoms with Crippen molar-refractivity contribution in [1.29, 1.82) is 0 Å². The molecule has 4 rings (SSSR count). The van der Waals surface area contributed by atoms with Crippen LogP contribution in [0.1, 0.15) is 24.3 Å². The number of aromatic nitrogens is 1. The smallest absolute Gasteiger partial charge is 0.229 e. The van der Waals surface area contributed by atoms with Gasteiger partial charge in [0.25, 0.3) is 0 Å². The van der Waals surface area contributed by atoms with E-state index in [9.17, 15) is 8.78 Å². The van der Waals surface area contributed by atoms with Crippen LogP contribution < -0.4 is 0 Å². The van der Waals surface area contributed by atoms with Gasteiger partial charge in [0.15, 0.2) is 0 Å². The summed E-state index contributed by atoms with van der Waals surface area (Å²) in [4.78, 5) is 9.36. The van der Waals surface area contributed by atoms with E-state index in [1.807, 2.05) is 6.92 Å². The highest BCUT2D eigenvalue weighted by Gasteiger charge is 2.25. The first-order valence-electron chi connectivity index (χ1n) is 10.0. The molecule has 1 aromatic carbocycles. The number of halogens is 2. The van der Waals surface area contributed by atoms with E-state index in [-0.39, 0.29) is 11.5 Å². The normalized spacial score (nSPS) is 21.9. The zero-order chi connectivity index (χ0) is 19.5. The lowest BCUT2D eigenvalue weighted by atomic mass is 9.97. The summed E-state index contributed by atoms with van der Waals surface area (Å²) in [5, 5.41) is 0. The fourth-order valence-corrected chi connectivity index (χ4v) is 4.16. The molecule has 0 aliphatic carbocycles. The molecule has 0 spiro atoms. The molecule has 1 atom stereocenters. The number of aryl methyl sites for hydroxylation is 1. The quantitative estimate of drug-likeness (QED) is 0.781. The molecule has 1 aromatic heterocycles. The molecule has 3 heterocycles. The van der Waals surface area contributed by atoms with Gasteiger partial charge in [0.1, 0.15) is 17.4 Å². The summed E-state index contributed by atoms with van der Waals surface area (Å²) in [6.07, 6.45) is 2.41. The third kappa shape index (κ3) is 4.59. The van der Waals surface area contributed by atoms with E-state index in [1.165, 1.54) is 6.42 Å². The second-order valence-electron chi connectivity index (χ2n) is 7.80. The lowest BCUT2D eigenvalue weighted by Crippen LogP contribution is -2.44. The summed E-state index contributed by atoms with van der Waals surface area (Å²) >= 11 is 0. The molecule has 152 valence electrons. The maximum absolute atomic E-state index is 14.0. The van der Waals surface area contributed by atoms with Crippen molar-refractivity contribution in [2.75, 3.05) is 45.9 Å². The second-order valence-corrected chi connectivity index (χ2v) is 7.80. The molecule has 0 amide bonds. The second kappa shape index (κ2) is 8.68. The predicted octanol–water partition coefficient (Wildman–Crippen LogP) is 3.47. The lowest BCUT2D eigenvalue weighted by Gasteiger charge is -2.36. The Kier molecular flexibility index (Phi) is 6.04. The number of ether oxygens (including phenoxy) is 1. The Morgan fingerprint density at radius 3 is 2.79 bits per heavy atom. The van der Waals surface area contributed by atoms with Gasteiger partial charge in [-0.1, -0.05) is 0 Å². The monoisotopic (exact) mass is 391 g/mol. The predicted molar refractivity (Wildman–Crippen MR) is 102 cm³/mol. The fraction of sp³-hybridized carbons (Fsp3) is 0.571. The van der Waals surface area contributed by atoms with Crippen molar-refractivity contribution in [3.05, 3.63) is 41.3 Å². The Hall–Kier alpha value is -1.83. The number of piperidine rings is 1. The van der Waals surface area contributed by atoms with Crippen LogP contribution in [0.15, 0.2) is 22.6 Å². The average Bonchev–Trinajstić information content (AvgIpc) is 3.05. The SMILES string of the molecule is Cc1oc(-c2cc(F)ccc2F)nc1CN1CCC[C@@H](CN2CCOCC2)C1. The van der Waals surface area contributed by atoms with E-state index in [4.69, 9.17) is 9.15 Å². The molecule has 2 fully saturated rings. The van der Waals surface area contributed by atoms with Gasteiger partial charge in [-0.2, -0.15) is 0 Å². The maximum atomic E-state index is 14.0. The number of hydrogen-bond donors (Lipinski definition) is 0. The van der Waals surface area contributed by atoms with E-state index in [0.717, 1.165) is 76.3 Å². The Morgan fingerprint density at radius 2 is 1.96 bits per heavy atom. The number of morpholine rings is 1. The summed E-state index contributed by atoms with van der Waals surface area (Å²) in [6.45, 7) is 9.34. The topological polar surface area (TPSA) is 41.7 Å². The molecule has 2 aromatic rings. The van der Waals surface area contributed by atoms with Crippen LogP contribution in [0.4, 0.5) is 8.78 Å². The number of oxazole rings is 1. The van der Waals surface area contributed by atoms with E-state index >= 15 is 0 Å². The zero-order valence-electron chi connectivity index (χ0n) is 16.3. The van der Waals surface area contributed by atoms with Gasteiger partial charge in [-0.05, 0) is 50.4 Å². The van der Waals surface area contributed by atoms with Gasteiger partial charge in [0.2, 0.25) is 5.89 Å². The summed E-state index contributed by atoms with van der Waals surface area (Å²) in [5.41, 5.74) is 0.865. The molecular formula is C21H27F2N3O2. The molecule has 2 aliphatic rings. The number of likely N-dealkylation sites (tertiary alicyclic amines) is 1. The van der Waals surface area contributed by atoms with Gasteiger partial charge in [-0.3, -0.25) is 9.80 Å². The maximum Gasteiger partial charge on any atom is 0.229 e. The number of nitrogens with zero attached hydrogens (tertiary/aromatic N) is 3. The minimum absolute atomic E-state index is 0.0678. The largest absolute Gasteiger partial charge is 0.441 e. The molecule has 7 heteroatoms. The molecule has 0 N–H and O–H groups in total. The van der Waals surface area contributed by atoms with Crippen LogP contribution in [-0.2, 0) is 11.3 Å². The van der Waals surface area contributed by atoms with Crippen LogP contribution in [0.3, 0.4) is 0 Å². The average molecular weight is 391 g/mol. The van der Waals surface area contributed by atoms with Gasteiger partial charge in [-0.25, -0.2) is 13.8 Å². The van der Waals surface area contributed by atoms with Crippen molar-refractivity contribution in [3.63, 3.8) is 0 Å². The van der Waals surface area contributed by atoms with E-state index in [2.05, 4.69) is 14.8 Å². The van der Waals surface area contributed by atoms with Gasteiger partial charge in [0.05, 0.1) is 24.5 Å². The van der Waals surface area contributed by atoms with Gasteiger partial charge in [-0.15, -0.1) is 0 Å². The summed E-state index contributed by atoms with van der Waals surface area (Å²) < 4.78 is 38.6. The first-order chi connectivity index (χ1) is 13.6. The fourth-order valence-electron chi connectivity index (χ4n) is 4.16. The van der Waals surface area contributed by atoms with Crippen molar-refractivity contribution in [2.24, 2.45) is 5.92 Å². The van der Waals surface area contributed by atoms with Crippen molar-refractivity contribution in [1.82, 2.24) is 14.8 Å². The van der Waals surface area contributed by atoms with Crippen LogP contribution in [0.25, 0.3) is 11.5 Å². The van der Waals surface area contributed by atoms with Crippen molar-refractivity contribution >= 4 is 0 Å². The molecule has 2 saturated heterocycles. The minimum atomic E-state index is -0.530. The summed E-state index contributed by atoms with van der Waals surface area (Å²) in [5.74, 6) is 0.410. The summed E-state index contributed by atoms with van der Waals surface area (Å²) in [7, 11) is 0. The van der Waals surface area contributed by atoms with Crippen LogP contribution in [0.5, 0.6) is 0 Å². The van der Waals surface area contributed by atoms with Gasteiger partial charge < -0.3 is 9.15 Å². The first-order valence-corrected chi connectivity index (χ1v) is 10.0. The highest BCUT2D eigenvalue weighted by atomic mass is 19.1. The van der Waals surface area contributed by atoms with E-state index in [0.29, 0.717) is 18.2 Å². The molecular weight excluding hydrogens is 364 g/mol.